The third-order valence-corrected chi connectivity index (χ3v) is 4.10. The van der Waals surface area contributed by atoms with Crippen molar-refractivity contribution in [2.75, 3.05) is 11.9 Å². The summed E-state index contributed by atoms with van der Waals surface area (Å²) in [5.41, 5.74) is 2.48. The molecule has 0 saturated heterocycles. The maximum atomic E-state index is 12.1. The van der Waals surface area contributed by atoms with E-state index in [0.29, 0.717) is 22.4 Å². The van der Waals surface area contributed by atoms with Crippen molar-refractivity contribution in [3.8, 4) is 17.0 Å². The van der Waals surface area contributed by atoms with Crippen LogP contribution in [0.4, 0.5) is 5.82 Å². The minimum Gasteiger partial charge on any atom is -0.482 e. The lowest BCUT2D eigenvalue weighted by atomic mass is 10.0. The first-order chi connectivity index (χ1) is 12.5. The average Bonchev–Trinajstić information content (AvgIpc) is 3.09. The Hall–Kier alpha value is -2.86. The molecule has 1 aromatic heterocycles. The summed E-state index contributed by atoms with van der Waals surface area (Å²) in [5, 5.41) is 10.7. The molecule has 1 heterocycles. The second-order valence-electron chi connectivity index (χ2n) is 6.01. The zero-order chi connectivity index (χ0) is 18.5. The average molecular weight is 372 g/mol. The van der Waals surface area contributed by atoms with Gasteiger partial charge in [0.25, 0.3) is 5.91 Å². The number of hydrogen-bond donors (Lipinski definition) is 1. The van der Waals surface area contributed by atoms with E-state index in [2.05, 4.69) is 29.5 Å². The first kappa shape index (κ1) is 17.9. The van der Waals surface area contributed by atoms with Crippen LogP contribution in [0.2, 0.25) is 5.02 Å². The third-order valence-electron chi connectivity index (χ3n) is 3.79. The van der Waals surface area contributed by atoms with Crippen molar-refractivity contribution >= 4 is 23.3 Å². The van der Waals surface area contributed by atoms with E-state index >= 15 is 0 Å². The highest BCUT2D eigenvalue weighted by Crippen LogP contribution is 2.26. The highest BCUT2D eigenvalue weighted by molar-refractivity contribution is 6.32. The van der Waals surface area contributed by atoms with Crippen LogP contribution in [0.5, 0.6) is 5.75 Å². The number of anilines is 1. The summed E-state index contributed by atoms with van der Waals surface area (Å²) in [6.07, 6.45) is 0. The molecule has 0 fully saturated rings. The largest absolute Gasteiger partial charge is 0.482 e. The standard InChI is InChI=1S/C19H18ClN3O3/c1-12(2)13-7-9-14(10-8-13)18-19(23-26-22-18)21-17(24)11-25-16-6-4-3-5-15(16)20/h3-10,12H,11H2,1-2H3,(H,21,23,24). The molecule has 0 saturated carbocycles. The van der Waals surface area contributed by atoms with E-state index in [-0.39, 0.29) is 18.3 Å². The second kappa shape index (κ2) is 8.01. The molecule has 1 amide bonds. The molecule has 3 rings (SSSR count). The summed E-state index contributed by atoms with van der Waals surface area (Å²) < 4.78 is 10.2. The highest BCUT2D eigenvalue weighted by atomic mass is 35.5. The number of nitrogens with zero attached hydrogens (tertiary/aromatic N) is 2. The van der Waals surface area contributed by atoms with Crippen molar-refractivity contribution in [3.63, 3.8) is 0 Å². The van der Waals surface area contributed by atoms with Gasteiger partial charge < -0.3 is 10.1 Å². The number of carbonyl (C=O) groups excluding carboxylic acids is 1. The van der Waals surface area contributed by atoms with Crippen LogP contribution in [0.25, 0.3) is 11.3 Å². The Balaban J connectivity index is 1.66. The van der Waals surface area contributed by atoms with Crippen LogP contribution in [-0.2, 0) is 4.79 Å². The molecule has 0 bridgehead atoms. The fourth-order valence-electron chi connectivity index (χ4n) is 2.36. The summed E-state index contributed by atoms with van der Waals surface area (Å²) >= 11 is 6.00. The Morgan fingerprint density at radius 2 is 1.88 bits per heavy atom. The molecular formula is C19H18ClN3O3. The lowest BCUT2D eigenvalue weighted by Crippen LogP contribution is -2.20. The maximum absolute atomic E-state index is 12.1. The quantitative estimate of drug-likeness (QED) is 0.688. The van der Waals surface area contributed by atoms with E-state index in [9.17, 15) is 4.79 Å². The number of hydrogen-bond acceptors (Lipinski definition) is 5. The molecule has 3 aromatic rings. The number of halogens is 1. The van der Waals surface area contributed by atoms with E-state index < -0.39 is 0 Å². The van der Waals surface area contributed by atoms with Gasteiger partial charge >= 0.3 is 0 Å². The number of benzene rings is 2. The van der Waals surface area contributed by atoms with Gasteiger partial charge in [0.2, 0.25) is 5.82 Å². The predicted molar refractivity (Wildman–Crippen MR) is 99.4 cm³/mol. The van der Waals surface area contributed by atoms with Crippen molar-refractivity contribution < 1.29 is 14.2 Å². The van der Waals surface area contributed by atoms with Gasteiger partial charge in [0.15, 0.2) is 12.3 Å². The fourth-order valence-corrected chi connectivity index (χ4v) is 2.55. The van der Waals surface area contributed by atoms with E-state index in [4.69, 9.17) is 21.0 Å². The molecule has 0 atom stereocenters. The topological polar surface area (TPSA) is 77.3 Å². The normalized spacial score (nSPS) is 10.8. The number of rotatable bonds is 6. The molecule has 1 N–H and O–H groups in total. The summed E-state index contributed by atoms with van der Waals surface area (Å²) in [4.78, 5) is 12.1. The van der Waals surface area contributed by atoms with E-state index in [1.807, 2.05) is 24.3 Å². The monoisotopic (exact) mass is 371 g/mol. The third kappa shape index (κ3) is 4.21. The zero-order valence-electron chi connectivity index (χ0n) is 14.4. The van der Waals surface area contributed by atoms with Crippen LogP contribution in [0, 0.1) is 0 Å². The van der Waals surface area contributed by atoms with Crippen LogP contribution >= 0.6 is 11.6 Å². The fraction of sp³-hybridized carbons (Fsp3) is 0.211. The Labute approximate surface area is 156 Å². The van der Waals surface area contributed by atoms with Gasteiger partial charge in [-0.05, 0) is 33.9 Å². The Bertz CT molecular complexity index is 891. The highest BCUT2D eigenvalue weighted by Gasteiger charge is 2.16. The zero-order valence-corrected chi connectivity index (χ0v) is 15.2. The van der Waals surface area contributed by atoms with Crippen LogP contribution in [-0.4, -0.2) is 22.8 Å². The van der Waals surface area contributed by atoms with E-state index in [1.165, 1.54) is 5.56 Å². The van der Waals surface area contributed by atoms with Crippen molar-refractivity contribution in [3.05, 3.63) is 59.1 Å². The molecule has 0 radical (unpaired) electrons. The number of ether oxygens (including phenoxy) is 1. The number of nitrogens with one attached hydrogen (secondary N) is 1. The molecule has 0 spiro atoms. The minimum absolute atomic E-state index is 0.206. The van der Waals surface area contributed by atoms with Gasteiger partial charge in [-0.2, -0.15) is 0 Å². The van der Waals surface area contributed by atoms with Gasteiger partial charge in [-0.15, -0.1) is 0 Å². The van der Waals surface area contributed by atoms with Crippen molar-refractivity contribution in [1.29, 1.82) is 0 Å². The van der Waals surface area contributed by atoms with Gasteiger partial charge in [-0.25, -0.2) is 4.63 Å². The molecule has 0 aliphatic heterocycles. The van der Waals surface area contributed by atoms with Crippen LogP contribution in [0.1, 0.15) is 25.3 Å². The van der Waals surface area contributed by atoms with E-state index in [0.717, 1.165) is 5.56 Å². The Kier molecular flexibility index (Phi) is 5.53. The Morgan fingerprint density at radius 1 is 1.15 bits per heavy atom. The molecular weight excluding hydrogens is 354 g/mol. The van der Waals surface area contributed by atoms with Crippen LogP contribution in [0.15, 0.2) is 53.2 Å². The van der Waals surface area contributed by atoms with Crippen molar-refractivity contribution in [2.24, 2.45) is 0 Å². The lowest BCUT2D eigenvalue weighted by Gasteiger charge is -2.08. The van der Waals surface area contributed by atoms with E-state index in [1.54, 1.807) is 24.3 Å². The molecule has 2 aromatic carbocycles. The lowest BCUT2D eigenvalue weighted by molar-refractivity contribution is -0.118. The first-order valence-corrected chi connectivity index (χ1v) is 8.52. The van der Waals surface area contributed by atoms with Gasteiger partial charge in [-0.1, -0.05) is 61.8 Å². The number of aromatic nitrogens is 2. The number of carbonyl (C=O) groups is 1. The first-order valence-electron chi connectivity index (χ1n) is 8.14. The van der Waals surface area contributed by atoms with Crippen LogP contribution < -0.4 is 10.1 Å². The smallest absolute Gasteiger partial charge is 0.263 e. The number of amides is 1. The summed E-state index contributed by atoms with van der Waals surface area (Å²) in [5.74, 6) is 0.725. The molecule has 26 heavy (non-hydrogen) atoms. The molecule has 0 unspecified atom stereocenters. The van der Waals surface area contributed by atoms with Crippen molar-refractivity contribution in [2.45, 2.75) is 19.8 Å². The molecule has 7 heteroatoms. The molecule has 134 valence electrons. The molecule has 6 nitrogen and oxygen atoms in total. The Morgan fingerprint density at radius 3 is 2.58 bits per heavy atom. The summed E-state index contributed by atoms with van der Waals surface area (Å²) in [6.45, 7) is 4.04. The van der Waals surface area contributed by atoms with Gasteiger partial charge in [-0.3, -0.25) is 4.79 Å². The van der Waals surface area contributed by atoms with Gasteiger partial charge in [0.05, 0.1) is 5.02 Å². The molecule has 0 aliphatic rings. The maximum Gasteiger partial charge on any atom is 0.263 e. The second-order valence-corrected chi connectivity index (χ2v) is 6.41. The van der Waals surface area contributed by atoms with Crippen LogP contribution in [0.3, 0.4) is 0 Å². The predicted octanol–water partition coefficient (Wildman–Crippen LogP) is 4.53. The number of para-hydroxylation sites is 1. The molecule has 0 aliphatic carbocycles. The van der Waals surface area contributed by atoms with Crippen molar-refractivity contribution in [1.82, 2.24) is 10.3 Å². The summed E-state index contributed by atoms with van der Waals surface area (Å²) in [7, 11) is 0. The van der Waals surface area contributed by atoms with Gasteiger partial charge in [0.1, 0.15) is 5.75 Å². The SMILES string of the molecule is CC(C)c1ccc(-c2nonc2NC(=O)COc2ccccc2Cl)cc1. The minimum atomic E-state index is -0.388. The summed E-state index contributed by atoms with van der Waals surface area (Å²) in [6, 6.07) is 14.8. The van der Waals surface area contributed by atoms with Gasteiger partial charge in [0, 0.05) is 5.56 Å².